The summed E-state index contributed by atoms with van der Waals surface area (Å²) in [4.78, 5) is 0. The van der Waals surface area contributed by atoms with E-state index < -0.39 is 5.41 Å². The van der Waals surface area contributed by atoms with E-state index in [1.807, 2.05) is 0 Å². The standard InChI is InChI=1S/C10H20O3S/c1-3-8-10(4-2,14-8)9(5-11,6-12)7-13/h8,11-13H,3-7H2,1-2H3. The zero-order chi connectivity index (χ0) is 10.8. The third-order valence-electron chi connectivity index (χ3n) is 3.52. The third kappa shape index (κ3) is 1.48. The van der Waals surface area contributed by atoms with Gasteiger partial charge in [-0.25, -0.2) is 0 Å². The molecule has 2 unspecified atom stereocenters. The Kier molecular flexibility index (Phi) is 3.86. The maximum Gasteiger partial charge on any atom is 0.0553 e. The van der Waals surface area contributed by atoms with E-state index in [1.165, 1.54) is 0 Å². The van der Waals surface area contributed by atoms with E-state index in [-0.39, 0.29) is 24.6 Å². The maximum atomic E-state index is 9.36. The first-order valence-corrected chi connectivity index (χ1v) is 6.04. The highest BCUT2D eigenvalue weighted by molar-refractivity contribution is 8.08. The van der Waals surface area contributed by atoms with Gasteiger partial charge in [0.2, 0.25) is 0 Å². The molecule has 0 amide bonds. The van der Waals surface area contributed by atoms with Crippen LogP contribution in [0, 0.1) is 5.41 Å². The van der Waals surface area contributed by atoms with Crippen LogP contribution >= 0.6 is 11.8 Å². The Morgan fingerprint density at radius 3 is 1.86 bits per heavy atom. The largest absolute Gasteiger partial charge is 0.396 e. The first kappa shape index (κ1) is 12.3. The van der Waals surface area contributed by atoms with Gasteiger partial charge >= 0.3 is 0 Å². The highest BCUT2D eigenvalue weighted by Crippen LogP contribution is 2.66. The van der Waals surface area contributed by atoms with Crippen molar-refractivity contribution in [3.8, 4) is 0 Å². The Balaban J connectivity index is 2.86. The molecular weight excluding hydrogens is 200 g/mol. The van der Waals surface area contributed by atoms with Crippen LogP contribution in [0.15, 0.2) is 0 Å². The average Bonchev–Trinajstić information content (AvgIpc) is 2.97. The lowest BCUT2D eigenvalue weighted by Crippen LogP contribution is -2.48. The van der Waals surface area contributed by atoms with Crippen LogP contribution in [0.4, 0.5) is 0 Å². The predicted molar refractivity (Wildman–Crippen MR) is 58.4 cm³/mol. The Labute approximate surface area is 89.5 Å². The lowest BCUT2D eigenvalue weighted by atomic mass is 9.73. The summed E-state index contributed by atoms with van der Waals surface area (Å²) < 4.78 is -0.111. The van der Waals surface area contributed by atoms with Gasteiger partial charge in [-0.15, -0.1) is 11.8 Å². The van der Waals surface area contributed by atoms with Gasteiger partial charge in [0.05, 0.1) is 25.2 Å². The number of aliphatic hydroxyl groups excluding tert-OH is 3. The summed E-state index contributed by atoms with van der Waals surface area (Å²) in [5.74, 6) is 0. The summed E-state index contributed by atoms with van der Waals surface area (Å²) >= 11 is 1.78. The highest BCUT2D eigenvalue weighted by Gasteiger charge is 2.65. The summed E-state index contributed by atoms with van der Waals surface area (Å²) in [6, 6.07) is 0. The van der Waals surface area contributed by atoms with Crippen molar-refractivity contribution < 1.29 is 15.3 Å². The lowest BCUT2D eigenvalue weighted by molar-refractivity contribution is -0.0170. The van der Waals surface area contributed by atoms with Crippen molar-refractivity contribution in [2.45, 2.75) is 36.7 Å². The molecule has 0 aromatic carbocycles. The van der Waals surface area contributed by atoms with Crippen LogP contribution in [0.2, 0.25) is 0 Å². The van der Waals surface area contributed by atoms with E-state index in [0.717, 1.165) is 12.8 Å². The molecule has 3 N–H and O–H groups in total. The van der Waals surface area contributed by atoms with Gasteiger partial charge < -0.3 is 15.3 Å². The van der Waals surface area contributed by atoms with Gasteiger partial charge in [-0.05, 0) is 12.8 Å². The average molecular weight is 220 g/mol. The molecule has 1 aliphatic heterocycles. The van der Waals surface area contributed by atoms with Crippen molar-refractivity contribution in [2.75, 3.05) is 19.8 Å². The molecule has 4 heteroatoms. The van der Waals surface area contributed by atoms with Crippen LogP contribution in [-0.2, 0) is 0 Å². The van der Waals surface area contributed by atoms with Crippen LogP contribution in [0.1, 0.15) is 26.7 Å². The molecule has 1 heterocycles. The van der Waals surface area contributed by atoms with Crippen molar-refractivity contribution in [3.05, 3.63) is 0 Å². The first-order chi connectivity index (χ1) is 6.66. The summed E-state index contributed by atoms with van der Waals surface area (Å²) in [5, 5.41) is 28.6. The molecule has 0 aliphatic carbocycles. The van der Waals surface area contributed by atoms with E-state index >= 15 is 0 Å². The summed E-state index contributed by atoms with van der Waals surface area (Å²) in [6.45, 7) is 3.73. The number of hydrogen-bond donors (Lipinski definition) is 3. The smallest absolute Gasteiger partial charge is 0.0553 e. The fourth-order valence-electron chi connectivity index (χ4n) is 2.34. The van der Waals surface area contributed by atoms with Crippen LogP contribution in [0.25, 0.3) is 0 Å². The van der Waals surface area contributed by atoms with E-state index in [1.54, 1.807) is 11.8 Å². The monoisotopic (exact) mass is 220 g/mol. The second-order valence-electron chi connectivity index (χ2n) is 4.01. The minimum Gasteiger partial charge on any atom is -0.396 e. The highest BCUT2D eigenvalue weighted by atomic mass is 32.2. The molecule has 1 rings (SSSR count). The summed E-state index contributed by atoms with van der Waals surface area (Å²) in [5.41, 5.74) is -0.715. The van der Waals surface area contributed by atoms with Gasteiger partial charge in [0.25, 0.3) is 0 Å². The van der Waals surface area contributed by atoms with E-state index in [9.17, 15) is 15.3 Å². The molecule has 1 saturated heterocycles. The molecule has 0 aromatic rings. The normalized spacial score (nSPS) is 31.9. The van der Waals surface area contributed by atoms with Crippen molar-refractivity contribution in [2.24, 2.45) is 5.41 Å². The molecule has 2 atom stereocenters. The number of hydrogen-bond acceptors (Lipinski definition) is 4. The minimum absolute atomic E-state index is 0.111. The van der Waals surface area contributed by atoms with Crippen LogP contribution < -0.4 is 0 Å². The molecule has 84 valence electrons. The van der Waals surface area contributed by atoms with Crippen LogP contribution in [0.3, 0.4) is 0 Å². The fourth-order valence-corrected chi connectivity index (χ4v) is 4.14. The SMILES string of the molecule is CCC1SC1(CC)C(CO)(CO)CO. The third-order valence-corrected chi connectivity index (χ3v) is 5.71. The quantitative estimate of drug-likeness (QED) is 0.574. The minimum atomic E-state index is -0.715. The maximum absolute atomic E-state index is 9.36. The molecule has 0 bridgehead atoms. The van der Waals surface area contributed by atoms with E-state index in [2.05, 4.69) is 13.8 Å². The molecule has 14 heavy (non-hydrogen) atoms. The summed E-state index contributed by atoms with van der Waals surface area (Å²) in [6.07, 6.45) is 1.91. The first-order valence-electron chi connectivity index (χ1n) is 5.16. The zero-order valence-electron chi connectivity index (χ0n) is 8.86. The van der Waals surface area contributed by atoms with E-state index in [4.69, 9.17) is 0 Å². The van der Waals surface area contributed by atoms with Crippen LogP contribution in [0.5, 0.6) is 0 Å². The van der Waals surface area contributed by atoms with Crippen molar-refractivity contribution >= 4 is 11.8 Å². The van der Waals surface area contributed by atoms with Crippen LogP contribution in [-0.4, -0.2) is 45.1 Å². The molecule has 1 aliphatic rings. The van der Waals surface area contributed by atoms with Crippen molar-refractivity contribution in [1.82, 2.24) is 0 Å². The second-order valence-corrected chi connectivity index (χ2v) is 5.55. The molecular formula is C10H20O3S. The lowest BCUT2D eigenvalue weighted by Gasteiger charge is -2.36. The number of thioether (sulfide) groups is 1. The topological polar surface area (TPSA) is 60.7 Å². The van der Waals surface area contributed by atoms with Crippen molar-refractivity contribution in [3.63, 3.8) is 0 Å². The van der Waals surface area contributed by atoms with Gasteiger partial charge in [-0.2, -0.15) is 0 Å². The molecule has 0 spiro atoms. The summed E-state index contributed by atoms with van der Waals surface area (Å²) in [7, 11) is 0. The Bertz CT molecular complexity index is 186. The number of aliphatic hydroxyl groups is 3. The fraction of sp³-hybridized carbons (Fsp3) is 1.00. The van der Waals surface area contributed by atoms with E-state index in [0.29, 0.717) is 5.25 Å². The van der Waals surface area contributed by atoms with Gasteiger partial charge in [0.15, 0.2) is 0 Å². The van der Waals surface area contributed by atoms with Gasteiger partial charge in [0.1, 0.15) is 0 Å². The van der Waals surface area contributed by atoms with Gasteiger partial charge in [0, 0.05) is 10.00 Å². The van der Waals surface area contributed by atoms with Crippen molar-refractivity contribution in [1.29, 1.82) is 0 Å². The Morgan fingerprint density at radius 1 is 1.14 bits per heavy atom. The molecule has 0 radical (unpaired) electrons. The predicted octanol–water partition coefficient (Wildman–Crippen LogP) is 0.624. The van der Waals surface area contributed by atoms with Gasteiger partial charge in [-0.1, -0.05) is 13.8 Å². The second kappa shape index (κ2) is 4.39. The number of rotatable bonds is 6. The molecule has 1 fully saturated rings. The Morgan fingerprint density at radius 2 is 1.64 bits per heavy atom. The van der Waals surface area contributed by atoms with Gasteiger partial charge in [-0.3, -0.25) is 0 Å². The molecule has 0 saturated carbocycles. The molecule has 3 nitrogen and oxygen atoms in total. The Hall–Kier alpha value is 0.230. The zero-order valence-corrected chi connectivity index (χ0v) is 9.68. The molecule has 0 aromatic heterocycles.